The number of fused-ring (bicyclic) bond motifs is 1. The van der Waals surface area contributed by atoms with Crippen molar-refractivity contribution in [2.45, 2.75) is 24.9 Å². The molecule has 0 bridgehead atoms. The molecule has 1 aromatic carbocycles. The van der Waals surface area contributed by atoms with Crippen LogP contribution < -0.4 is 10.2 Å². The minimum atomic E-state index is -0.100. The fraction of sp³-hybridized carbons (Fsp3) is 0.316. The lowest BCUT2D eigenvalue weighted by molar-refractivity contribution is 0.103. The summed E-state index contributed by atoms with van der Waals surface area (Å²) in [6.07, 6.45) is 4.35. The third-order valence-corrected chi connectivity index (χ3v) is 6.02. The second-order valence-corrected chi connectivity index (χ2v) is 8.19. The van der Waals surface area contributed by atoms with Crippen LogP contribution in [0.3, 0.4) is 0 Å². The third kappa shape index (κ3) is 3.41. The Morgan fingerprint density at radius 3 is 2.77 bits per heavy atom. The van der Waals surface area contributed by atoms with Crippen LogP contribution in [0.5, 0.6) is 0 Å². The average molecular weight is 385 g/mol. The van der Waals surface area contributed by atoms with Crippen molar-refractivity contribution < 1.29 is 4.79 Å². The zero-order chi connectivity index (χ0) is 18.1. The summed E-state index contributed by atoms with van der Waals surface area (Å²) in [5.41, 5.74) is 1.93. The Kier molecular flexibility index (Phi) is 4.82. The van der Waals surface area contributed by atoms with Crippen molar-refractivity contribution in [2.75, 3.05) is 29.6 Å². The Morgan fingerprint density at radius 2 is 2.04 bits per heavy atom. The lowest BCUT2D eigenvalue weighted by atomic mass is 10.2. The summed E-state index contributed by atoms with van der Waals surface area (Å²) in [6.45, 7) is 4.04. The molecule has 0 radical (unpaired) electrons. The van der Waals surface area contributed by atoms with Crippen molar-refractivity contribution in [3.8, 4) is 0 Å². The van der Waals surface area contributed by atoms with Gasteiger partial charge in [-0.25, -0.2) is 9.97 Å². The largest absolute Gasteiger partial charge is 0.356 e. The van der Waals surface area contributed by atoms with Gasteiger partial charge in [-0.05, 0) is 49.8 Å². The van der Waals surface area contributed by atoms with Crippen molar-refractivity contribution in [2.24, 2.45) is 0 Å². The van der Waals surface area contributed by atoms with E-state index in [1.807, 2.05) is 43.5 Å². The maximum Gasteiger partial charge on any atom is 0.265 e. The van der Waals surface area contributed by atoms with E-state index >= 15 is 0 Å². The van der Waals surface area contributed by atoms with Crippen LogP contribution in [0, 0.1) is 6.92 Å². The number of hydrogen-bond acceptors (Lipinski definition) is 6. The first kappa shape index (κ1) is 17.3. The smallest absolute Gasteiger partial charge is 0.265 e. The molecule has 1 fully saturated rings. The fourth-order valence-corrected chi connectivity index (χ4v) is 4.52. The molecule has 2 aromatic heterocycles. The molecule has 3 aromatic rings. The first-order valence-corrected chi connectivity index (χ1v) is 10.7. The summed E-state index contributed by atoms with van der Waals surface area (Å²) in [6, 6.07) is 9.75. The van der Waals surface area contributed by atoms with Crippen molar-refractivity contribution in [3.63, 3.8) is 0 Å². The SMILES string of the molecule is CSc1nc(N2CCCC2)c2cc(C(=O)Nc3cccc(C)c3)sc2n1. The first-order chi connectivity index (χ1) is 12.6. The van der Waals surface area contributed by atoms with Gasteiger partial charge in [-0.3, -0.25) is 4.79 Å². The summed E-state index contributed by atoms with van der Waals surface area (Å²) in [4.78, 5) is 25.9. The van der Waals surface area contributed by atoms with Crippen LogP contribution in [0.1, 0.15) is 28.1 Å². The molecule has 0 saturated carbocycles. The highest BCUT2D eigenvalue weighted by Gasteiger charge is 2.21. The van der Waals surface area contributed by atoms with Crippen LogP contribution in [0.15, 0.2) is 35.5 Å². The Hall–Kier alpha value is -2.12. The number of aryl methyl sites for hydroxylation is 1. The van der Waals surface area contributed by atoms with Gasteiger partial charge in [0.1, 0.15) is 10.6 Å². The van der Waals surface area contributed by atoms with Gasteiger partial charge >= 0.3 is 0 Å². The van der Waals surface area contributed by atoms with Gasteiger partial charge in [0, 0.05) is 18.8 Å². The number of amides is 1. The number of carbonyl (C=O) groups is 1. The third-order valence-electron chi connectivity index (χ3n) is 4.44. The molecular formula is C19H20N4OS2. The van der Waals surface area contributed by atoms with Gasteiger partial charge in [-0.15, -0.1) is 11.3 Å². The molecule has 0 spiro atoms. The molecule has 1 aliphatic rings. The van der Waals surface area contributed by atoms with Gasteiger partial charge in [-0.2, -0.15) is 0 Å². The van der Waals surface area contributed by atoms with Crippen molar-refractivity contribution in [3.05, 3.63) is 40.8 Å². The van der Waals surface area contributed by atoms with Crippen LogP contribution in [-0.4, -0.2) is 35.2 Å². The van der Waals surface area contributed by atoms with Gasteiger partial charge in [0.15, 0.2) is 5.16 Å². The standard InChI is InChI=1S/C19H20N4OS2/c1-12-6-5-7-13(10-12)20-17(24)15-11-14-16(23-8-3-4-9-23)21-19(25-2)22-18(14)26-15/h5-7,10-11H,3-4,8-9H2,1-2H3,(H,20,24). The fourth-order valence-electron chi connectivity index (χ4n) is 3.18. The molecule has 0 aliphatic carbocycles. The molecule has 1 N–H and O–H groups in total. The number of thioether (sulfide) groups is 1. The zero-order valence-corrected chi connectivity index (χ0v) is 16.4. The second-order valence-electron chi connectivity index (χ2n) is 6.38. The van der Waals surface area contributed by atoms with Gasteiger partial charge in [0.2, 0.25) is 0 Å². The molecule has 4 rings (SSSR count). The van der Waals surface area contributed by atoms with Gasteiger partial charge < -0.3 is 10.2 Å². The normalized spacial score (nSPS) is 14.2. The number of rotatable bonds is 4. The monoisotopic (exact) mass is 384 g/mol. The Labute approximate surface area is 160 Å². The molecule has 0 atom stereocenters. The van der Waals surface area contributed by atoms with Crippen molar-refractivity contribution in [1.82, 2.24) is 9.97 Å². The van der Waals surface area contributed by atoms with E-state index in [9.17, 15) is 4.79 Å². The molecule has 3 heterocycles. The van der Waals surface area contributed by atoms with E-state index in [1.54, 1.807) is 0 Å². The zero-order valence-electron chi connectivity index (χ0n) is 14.8. The van der Waals surface area contributed by atoms with Gasteiger partial charge in [-0.1, -0.05) is 23.9 Å². The number of aromatic nitrogens is 2. The van der Waals surface area contributed by atoms with Crippen molar-refractivity contribution in [1.29, 1.82) is 0 Å². The molecule has 0 unspecified atom stereocenters. The topological polar surface area (TPSA) is 58.1 Å². The summed E-state index contributed by atoms with van der Waals surface area (Å²) in [5.74, 6) is 0.861. The lowest BCUT2D eigenvalue weighted by Crippen LogP contribution is -2.19. The van der Waals surface area contributed by atoms with E-state index in [2.05, 4.69) is 15.2 Å². The Morgan fingerprint density at radius 1 is 1.23 bits per heavy atom. The van der Waals surface area contributed by atoms with E-state index in [-0.39, 0.29) is 5.91 Å². The number of benzene rings is 1. The molecule has 1 amide bonds. The first-order valence-electron chi connectivity index (χ1n) is 8.62. The lowest BCUT2D eigenvalue weighted by Gasteiger charge is -2.17. The minimum absolute atomic E-state index is 0.100. The van der Waals surface area contributed by atoms with Crippen molar-refractivity contribution >= 4 is 50.7 Å². The molecule has 134 valence electrons. The van der Waals surface area contributed by atoms with Crippen LogP contribution in [0.2, 0.25) is 0 Å². The number of thiophene rings is 1. The second kappa shape index (κ2) is 7.25. The maximum atomic E-state index is 12.7. The molecule has 7 heteroatoms. The summed E-state index contributed by atoms with van der Waals surface area (Å²) < 4.78 is 0. The van der Waals surface area contributed by atoms with Gasteiger partial charge in [0.05, 0.1) is 10.3 Å². The Bertz CT molecular complexity index is 963. The molecule has 26 heavy (non-hydrogen) atoms. The highest BCUT2D eigenvalue weighted by molar-refractivity contribution is 7.98. The van der Waals surface area contributed by atoms with E-state index in [1.165, 1.54) is 35.9 Å². The number of nitrogens with zero attached hydrogens (tertiary/aromatic N) is 3. The number of anilines is 2. The molecule has 5 nitrogen and oxygen atoms in total. The van der Waals surface area contributed by atoms with Crippen LogP contribution in [0.4, 0.5) is 11.5 Å². The van der Waals surface area contributed by atoms with Crippen LogP contribution in [0.25, 0.3) is 10.2 Å². The van der Waals surface area contributed by atoms with Crippen LogP contribution >= 0.6 is 23.1 Å². The number of carbonyl (C=O) groups excluding carboxylic acids is 1. The minimum Gasteiger partial charge on any atom is -0.356 e. The van der Waals surface area contributed by atoms with E-state index < -0.39 is 0 Å². The number of hydrogen-bond donors (Lipinski definition) is 1. The summed E-state index contributed by atoms with van der Waals surface area (Å²) >= 11 is 2.96. The Balaban J connectivity index is 1.70. The average Bonchev–Trinajstić information content (AvgIpc) is 3.30. The number of nitrogens with one attached hydrogen (secondary N) is 1. The maximum absolute atomic E-state index is 12.7. The van der Waals surface area contributed by atoms with Gasteiger partial charge in [0.25, 0.3) is 5.91 Å². The quantitative estimate of drug-likeness (QED) is 0.527. The highest BCUT2D eigenvalue weighted by Crippen LogP contribution is 2.34. The highest BCUT2D eigenvalue weighted by atomic mass is 32.2. The predicted molar refractivity (Wildman–Crippen MR) is 110 cm³/mol. The molecule has 1 aliphatic heterocycles. The summed E-state index contributed by atoms with van der Waals surface area (Å²) in [7, 11) is 0. The van der Waals surface area contributed by atoms with E-state index in [0.717, 1.165) is 45.5 Å². The summed E-state index contributed by atoms with van der Waals surface area (Å²) in [5, 5.41) is 4.71. The van der Waals surface area contributed by atoms with E-state index in [4.69, 9.17) is 4.98 Å². The molecular weight excluding hydrogens is 364 g/mol. The molecule has 1 saturated heterocycles. The van der Waals surface area contributed by atoms with Crippen LogP contribution in [-0.2, 0) is 0 Å². The van der Waals surface area contributed by atoms with E-state index in [0.29, 0.717) is 4.88 Å². The predicted octanol–water partition coefficient (Wildman–Crippen LogP) is 4.57.